The molecule has 0 saturated heterocycles. The number of hydrogen-bond acceptors (Lipinski definition) is 2. The van der Waals surface area contributed by atoms with Crippen molar-refractivity contribution >= 4 is 23.2 Å². The van der Waals surface area contributed by atoms with Crippen molar-refractivity contribution in [1.29, 1.82) is 0 Å². The Bertz CT molecular complexity index is 712. The number of carbonyl (C=O) groups is 1. The maximum Gasteiger partial charge on any atom is 0.254 e. The normalized spacial score (nSPS) is 13.9. The Balaban J connectivity index is 1.89. The van der Waals surface area contributed by atoms with E-state index in [4.69, 9.17) is 17.3 Å². The van der Waals surface area contributed by atoms with Crippen molar-refractivity contribution in [2.24, 2.45) is 0 Å². The molecule has 0 radical (unpaired) electrons. The van der Waals surface area contributed by atoms with Crippen molar-refractivity contribution in [3.63, 3.8) is 0 Å². The van der Waals surface area contributed by atoms with Crippen LogP contribution in [0, 0.1) is 6.92 Å². The third-order valence-corrected chi connectivity index (χ3v) is 4.25. The highest BCUT2D eigenvalue weighted by Crippen LogP contribution is 2.26. The Morgan fingerprint density at radius 2 is 2.10 bits per heavy atom. The van der Waals surface area contributed by atoms with Crippen LogP contribution in [0.15, 0.2) is 36.4 Å². The quantitative estimate of drug-likeness (QED) is 0.820. The fraction of sp³-hybridized carbons (Fsp3) is 0.235. The van der Waals surface area contributed by atoms with Crippen LogP contribution in [-0.4, -0.2) is 17.4 Å². The van der Waals surface area contributed by atoms with Gasteiger partial charge in [0.2, 0.25) is 0 Å². The van der Waals surface area contributed by atoms with Crippen LogP contribution < -0.4 is 5.73 Å². The van der Waals surface area contributed by atoms with Crippen LogP contribution in [0.1, 0.15) is 27.0 Å². The number of aryl methyl sites for hydroxylation is 1. The van der Waals surface area contributed by atoms with Gasteiger partial charge in [-0.3, -0.25) is 4.79 Å². The van der Waals surface area contributed by atoms with E-state index in [9.17, 15) is 4.79 Å². The number of amides is 1. The van der Waals surface area contributed by atoms with Gasteiger partial charge in [-0.05, 0) is 48.2 Å². The first-order valence-corrected chi connectivity index (χ1v) is 7.35. The molecule has 0 atom stereocenters. The van der Waals surface area contributed by atoms with Gasteiger partial charge in [0.15, 0.2) is 0 Å². The molecule has 3 rings (SSSR count). The van der Waals surface area contributed by atoms with Crippen molar-refractivity contribution in [3.8, 4) is 0 Å². The standard InChI is InChI=1S/C17H17ClN2O/c1-11-5-6-13(18)9-15(11)17(21)20-8-7-14-12(10-20)3-2-4-16(14)19/h2-6,9H,7-8,10,19H2,1H3. The molecule has 0 spiro atoms. The van der Waals surface area contributed by atoms with E-state index in [2.05, 4.69) is 0 Å². The molecule has 2 aromatic carbocycles. The summed E-state index contributed by atoms with van der Waals surface area (Å²) in [6, 6.07) is 11.3. The van der Waals surface area contributed by atoms with E-state index >= 15 is 0 Å². The van der Waals surface area contributed by atoms with E-state index in [0.29, 0.717) is 23.7 Å². The maximum atomic E-state index is 12.7. The van der Waals surface area contributed by atoms with Crippen molar-refractivity contribution in [2.75, 3.05) is 12.3 Å². The van der Waals surface area contributed by atoms with E-state index < -0.39 is 0 Å². The zero-order chi connectivity index (χ0) is 15.0. The van der Waals surface area contributed by atoms with E-state index in [1.807, 2.05) is 36.1 Å². The lowest BCUT2D eigenvalue weighted by Gasteiger charge is -2.30. The number of carbonyl (C=O) groups excluding carboxylic acids is 1. The molecule has 0 saturated carbocycles. The zero-order valence-corrected chi connectivity index (χ0v) is 12.7. The maximum absolute atomic E-state index is 12.7. The van der Waals surface area contributed by atoms with Crippen LogP contribution >= 0.6 is 11.6 Å². The Labute approximate surface area is 129 Å². The number of nitrogens with zero attached hydrogens (tertiary/aromatic N) is 1. The topological polar surface area (TPSA) is 46.3 Å². The molecule has 2 N–H and O–H groups in total. The molecule has 3 nitrogen and oxygen atoms in total. The minimum absolute atomic E-state index is 0.0306. The Hall–Kier alpha value is -2.00. The molecule has 1 amide bonds. The number of nitrogen functional groups attached to an aromatic ring is 1. The number of hydrogen-bond donors (Lipinski definition) is 1. The molecule has 1 aliphatic rings. The summed E-state index contributed by atoms with van der Waals surface area (Å²) in [6.45, 7) is 3.22. The first kappa shape index (κ1) is 14.0. The monoisotopic (exact) mass is 300 g/mol. The first-order valence-electron chi connectivity index (χ1n) is 6.98. The molecule has 0 bridgehead atoms. The van der Waals surface area contributed by atoms with Gasteiger partial charge in [0, 0.05) is 29.4 Å². The second-order valence-corrected chi connectivity index (χ2v) is 5.86. The SMILES string of the molecule is Cc1ccc(Cl)cc1C(=O)N1CCc2c(N)cccc2C1. The van der Waals surface area contributed by atoms with Gasteiger partial charge in [-0.25, -0.2) is 0 Å². The molecule has 1 aliphatic heterocycles. The van der Waals surface area contributed by atoms with Gasteiger partial charge in [0.1, 0.15) is 0 Å². The van der Waals surface area contributed by atoms with Crippen LogP contribution in [0.5, 0.6) is 0 Å². The summed E-state index contributed by atoms with van der Waals surface area (Å²) in [5, 5.41) is 0.589. The Morgan fingerprint density at radius 1 is 1.29 bits per heavy atom. The molecule has 0 aliphatic carbocycles. The molecule has 0 aromatic heterocycles. The molecular formula is C17H17ClN2O. The number of halogens is 1. The minimum atomic E-state index is 0.0306. The fourth-order valence-electron chi connectivity index (χ4n) is 2.81. The van der Waals surface area contributed by atoms with Crippen LogP contribution in [0.2, 0.25) is 5.02 Å². The third-order valence-electron chi connectivity index (χ3n) is 4.02. The molecule has 21 heavy (non-hydrogen) atoms. The largest absolute Gasteiger partial charge is 0.398 e. The smallest absolute Gasteiger partial charge is 0.254 e. The summed E-state index contributed by atoms with van der Waals surface area (Å²) in [5.41, 5.74) is 10.7. The number of anilines is 1. The molecule has 1 heterocycles. The Kier molecular flexibility index (Phi) is 3.60. The highest BCUT2D eigenvalue weighted by atomic mass is 35.5. The summed E-state index contributed by atoms with van der Waals surface area (Å²) in [6.07, 6.45) is 0.799. The fourth-order valence-corrected chi connectivity index (χ4v) is 2.98. The van der Waals surface area contributed by atoms with Crippen LogP contribution in [0.4, 0.5) is 5.69 Å². The second kappa shape index (κ2) is 5.41. The minimum Gasteiger partial charge on any atom is -0.398 e. The van der Waals surface area contributed by atoms with Gasteiger partial charge in [-0.1, -0.05) is 29.8 Å². The first-order chi connectivity index (χ1) is 10.1. The lowest BCUT2D eigenvalue weighted by atomic mass is 9.97. The van der Waals surface area contributed by atoms with Gasteiger partial charge in [0.05, 0.1) is 0 Å². The number of benzene rings is 2. The predicted molar refractivity (Wildman–Crippen MR) is 85.5 cm³/mol. The van der Waals surface area contributed by atoms with Gasteiger partial charge >= 0.3 is 0 Å². The molecule has 4 heteroatoms. The molecule has 108 valence electrons. The van der Waals surface area contributed by atoms with Crippen molar-refractivity contribution in [3.05, 3.63) is 63.7 Å². The van der Waals surface area contributed by atoms with Gasteiger partial charge in [0.25, 0.3) is 5.91 Å². The average molecular weight is 301 g/mol. The van der Waals surface area contributed by atoms with E-state index in [1.165, 1.54) is 5.56 Å². The highest BCUT2D eigenvalue weighted by molar-refractivity contribution is 6.31. The Morgan fingerprint density at radius 3 is 2.90 bits per heavy atom. The summed E-state index contributed by atoms with van der Waals surface area (Å²) in [5.74, 6) is 0.0306. The van der Waals surface area contributed by atoms with Crippen molar-refractivity contribution in [1.82, 2.24) is 4.90 Å². The van der Waals surface area contributed by atoms with E-state index in [0.717, 1.165) is 23.2 Å². The summed E-state index contributed by atoms with van der Waals surface area (Å²) in [4.78, 5) is 14.6. The van der Waals surface area contributed by atoms with Crippen molar-refractivity contribution < 1.29 is 4.79 Å². The van der Waals surface area contributed by atoms with Crippen molar-refractivity contribution in [2.45, 2.75) is 19.9 Å². The van der Waals surface area contributed by atoms with E-state index in [-0.39, 0.29) is 5.91 Å². The number of rotatable bonds is 1. The number of fused-ring (bicyclic) bond motifs is 1. The third kappa shape index (κ3) is 2.61. The average Bonchev–Trinajstić information content (AvgIpc) is 2.49. The van der Waals surface area contributed by atoms with Gasteiger partial charge in [-0.2, -0.15) is 0 Å². The summed E-state index contributed by atoms with van der Waals surface area (Å²) in [7, 11) is 0. The predicted octanol–water partition coefficient (Wildman–Crippen LogP) is 3.43. The molecule has 0 fully saturated rings. The highest BCUT2D eigenvalue weighted by Gasteiger charge is 2.23. The summed E-state index contributed by atoms with van der Waals surface area (Å²) >= 11 is 6.01. The summed E-state index contributed by atoms with van der Waals surface area (Å²) < 4.78 is 0. The second-order valence-electron chi connectivity index (χ2n) is 5.42. The molecular weight excluding hydrogens is 284 g/mol. The van der Waals surface area contributed by atoms with E-state index in [1.54, 1.807) is 12.1 Å². The van der Waals surface area contributed by atoms with Crippen LogP contribution in [-0.2, 0) is 13.0 Å². The van der Waals surface area contributed by atoms with Gasteiger partial charge in [-0.15, -0.1) is 0 Å². The number of nitrogens with two attached hydrogens (primary N) is 1. The van der Waals surface area contributed by atoms with Gasteiger partial charge < -0.3 is 10.6 Å². The van der Waals surface area contributed by atoms with Crippen LogP contribution in [0.3, 0.4) is 0 Å². The molecule has 0 unspecified atom stereocenters. The van der Waals surface area contributed by atoms with Crippen LogP contribution in [0.25, 0.3) is 0 Å². The zero-order valence-electron chi connectivity index (χ0n) is 11.9. The molecule has 2 aromatic rings. The lowest BCUT2D eigenvalue weighted by Crippen LogP contribution is -2.36. The lowest BCUT2D eigenvalue weighted by molar-refractivity contribution is 0.0734.